The van der Waals surface area contributed by atoms with Gasteiger partial charge in [-0.25, -0.2) is 9.50 Å². The van der Waals surface area contributed by atoms with Gasteiger partial charge in [-0.05, 0) is 38.5 Å². The second-order valence-electron chi connectivity index (χ2n) is 6.12. The maximum absolute atomic E-state index is 12.4. The van der Waals surface area contributed by atoms with E-state index in [0.717, 1.165) is 17.0 Å². The Hall–Kier alpha value is -2.94. The van der Waals surface area contributed by atoms with Crippen LogP contribution in [-0.2, 0) is 10.5 Å². The lowest BCUT2D eigenvalue weighted by Gasteiger charge is -2.12. The van der Waals surface area contributed by atoms with E-state index in [0.29, 0.717) is 22.3 Å². The molecule has 9 heteroatoms. The Labute approximate surface area is 160 Å². The molecule has 2 aromatic heterocycles. The van der Waals surface area contributed by atoms with Crippen molar-refractivity contribution in [3.8, 4) is 0 Å². The zero-order valence-corrected chi connectivity index (χ0v) is 15.9. The van der Waals surface area contributed by atoms with Gasteiger partial charge in [-0.15, -0.1) is 5.10 Å². The number of carboxylic acid groups (broad SMARTS) is 1. The van der Waals surface area contributed by atoms with Crippen molar-refractivity contribution in [2.45, 2.75) is 37.7 Å². The van der Waals surface area contributed by atoms with Crippen molar-refractivity contribution in [2.75, 3.05) is 0 Å². The van der Waals surface area contributed by atoms with Crippen molar-refractivity contribution in [1.29, 1.82) is 0 Å². The average Bonchev–Trinajstić information content (AvgIpc) is 3.03. The molecule has 0 spiro atoms. The minimum absolute atomic E-state index is 0.419. The van der Waals surface area contributed by atoms with Gasteiger partial charge < -0.3 is 10.4 Å². The lowest BCUT2D eigenvalue weighted by molar-refractivity contribution is -0.138. The fourth-order valence-corrected chi connectivity index (χ4v) is 3.38. The summed E-state index contributed by atoms with van der Waals surface area (Å²) in [6, 6.07) is 8.05. The number of nitrogens with one attached hydrogen (secondary N) is 1. The van der Waals surface area contributed by atoms with Crippen LogP contribution in [0.4, 0.5) is 0 Å². The summed E-state index contributed by atoms with van der Waals surface area (Å²) in [5.74, 6) is -0.490. The van der Waals surface area contributed by atoms with Crippen molar-refractivity contribution in [2.24, 2.45) is 0 Å². The number of rotatable bonds is 6. The molecule has 0 saturated heterocycles. The Morgan fingerprint density at radius 1 is 1.26 bits per heavy atom. The number of aryl methyl sites for hydroxylation is 2. The Morgan fingerprint density at radius 3 is 2.74 bits per heavy atom. The van der Waals surface area contributed by atoms with E-state index in [4.69, 9.17) is 5.11 Å². The van der Waals surface area contributed by atoms with E-state index in [9.17, 15) is 9.59 Å². The summed E-state index contributed by atoms with van der Waals surface area (Å²) in [7, 11) is 0. The van der Waals surface area contributed by atoms with Crippen molar-refractivity contribution in [1.82, 2.24) is 24.9 Å². The number of nitrogens with zero attached hydrogens (tertiary/aromatic N) is 4. The van der Waals surface area contributed by atoms with Crippen LogP contribution >= 0.6 is 11.8 Å². The topological polar surface area (TPSA) is 109 Å². The Balaban J connectivity index is 1.78. The van der Waals surface area contributed by atoms with Crippen LogP contribution in [0.2, 0.25) is 0 Å². The largest absolute Gasteiger partial charge is 0.480 e. The maximum atomic E-state index is 12.4. The number of carboxylic acids is 1. The van der Waals surface area contributed by atoms with Gasteiger partial charge in [0.15, 0.2) is 0 Å². The summed E-state index contributed by atoms with van der Waals surface area (Å²) in [6.45, 7) is 5.27. The molecule has 8 nitrogen and oxygen atoms in total. The zero-order chi connectivity index (χ0) is 19.6. The third-order valence-electron chi connectivity index (χ3n) is 3.94. The van der Waals surface area contributed by atoms with Crippen LogP contribution in [0.3, 0.4) is 0 Å². The molecule has 0 aliphatic heterocycles. The number of carbonyl (C=O) groups excluding carboxylic acids is 1. The van der Waals surface area contributed by atoms with E-state index < -0.39 is 17.9 Å². The van der Waals surface area contributed by atoms with E-state index in [-0.39, 0.29) is 0 Å². The van der Waals surface area contributed by atoms with E-state index in [1.807, 2.05) is 32.0 Å². The number of hydrogen-bond acceptors (Lipinski definition) is 6. The summed E-state index contributed by atoms with van der Waals surface area (Å²) >= 11 is 1.39. The second-order valence-corrected chi connectivity index (χ2v) is 7.07. The Bertz CT molecular complexity index is 1020. The molecule has 0 aliphatic rings. The highest BCUT2D eigenvalue weighted by Crippen LogP contribution is 2.22. The Morgan fingerprint density at radius 2 is 2.00 bits per heavy atom. The highest BCUT2D eigenvalue weighted by Gasteiger charge is 2.18. The summed E-state index contributed by atoms with van der Waals surface area (Å²) in [5, 5.41) is 16.4. The lowest BCUT2D eigenvalue weighted by atomic mass is 10.1. The Kier molecular flexibility index (Phi) is 5.41. The fourth-order valence-electron chi connectivity index (χ4n) is 2.56. The number of amides is 1. The minimum Gasteiger partial charge on any atom is -0.480 e. The van der Waals surface area contributed by atoms with Gasteiger partial charge in [0.25, 0.3) is 11.7 Å². The van der Waals surface area contributed by atoms with Gasteiger partial charge in [0.05, 0.1) is 0 Å². The van der Waals surface area contributed by atoms with E-state index in [2.05, 4.69) is 20.4 Å². The second kappa shape index (κ2) is 7.75. The summed E-state index contributed by atoms with van der Waals surface area (Å²) < 4.78 is 1.68. The molecule has 2 N–H and O–H groups in total. The molecule has 1 aromatic carbocycles. The quantitative estimate of drug-likeness (QED) is 0.626. The molecule has 3 aromatic rings. The van der Waals surface area contributed by atoms with Gasteiger partial charge in [0.1, 0.15) is 6.04 Å². The first-order valence-corrected chi connectivity index (χ1v) is 9.29. The number of aromatic nitrogens is 4. The number of benzene rings is 1. The first-order chi connectivity index (χ1) is 12.8. The predicted octanol–water partition coefficient (Wildman–Crippen LogP) is 2.24. The molecule has 0 bridgehead atoms. The molecule has 0 unspecified atom stereocenters. The summed E-state index contributed by atoms with van der Waals surface area (Å²) in [6.07, 6.45) is 0. The first kappa shape index (κ1) is 18.8. The van der Waals surface area contributed by atoms with Gasteiger partial charge in [-0.2, -0.15) is 4.98 Å². The van der Waals surface area contributed by atoms with Crippen LogP contribution in [0.25, 0.3) is 5.78 Å². The number of carbonyl (C=O) groups is 2. The van der Waals surface area contributed by atoms with Crippen LogP contribution in [0.15, 0.2) is 35.5 Å². The smallest absolute Gasteiger partial charge is 0.325 e. The highest BCUT2D eigenvalue weighted by molar-refractivity contribution is 7.98. The summed E-state index contributed by atoms with van der Waals surface area (Å²) in [5.41, 5.74) is 3.03. The monoisotopic (exact) mass is 385 g/mol. The number of thioether (sulfide) groups is 1. The van der Waals surface area contributed by atoms with E-state index >= 15 is 0 Å². The normalized spacial score (nSPS) is 12.1. The molecule has 0 radical (unpaired) electrons. The number of fused-ring (bicyclic) bond motifs is 1. The van der Waals surface area contributed by atoms with Crippen LogP contribution < -0.4 is 5.32 Å². The molecular formula is C18H19N5O3S. The lowest BCUT2D eigenvalue weighted by Crippen LogP contribution is -2.38. The van der Waals surface area contributed by atoms with Crippen molar-refractivity contribution in [3.63, 3.8) is 0 Å². The molecular weight excluding hydrogens is 366 g/mol. The maximum Gasteiger partial charge on any atom is 0.325 e. The molecule has 3 rings (SSSR count). The van der Waals surface area contributed by atoms with E-state index in [1.165, 1.54) is 18.7 Å². The molecule has 0 saturated carbocycles. The minimum atomic E-state index is -1.08. The molecule has 0 aliphatic carbocycles. The van der Waals surface area contributed by atoms with E-state index in [1.54, 1.807) is 16.6 Å². The molecule has 140 valence electrons. The summed E-state index contributed by atoms with van der Waals surface area (Å²) in [4.78, 5) is 32.1. The first-order valence-electron chi connectivity index (χ1n) is 8.30. The van der Waals surface area contributed by atoms with Crippen LogP contribution in [-0.4, -0.2) is 42.6 Å². The van der Waals surface area contributed by atoms with Gasteiger partial charge in [0.2, 0.25) is 5.16 Å². The molecule has 1 atom stereocenters. The van der Waals surface area contributed by atoms with Gasteiger partial charge in [0, 0.05) is 22.7 Å². The molecule has 2 heterocycles. The van der Waals surface area contributed by atoms with Crippen molar-refractivity contribution >= 4 is 29.4 Å². The third kappa shape index (κ3) is 4.25. The molecule has 1 amide bonds. The highest BCUT2D eigenvalue weighted by atomic mass is 32.2. The molecule has 27 heavy (non-hydrogen) atoms. The van der Waals surface area contributed by atoms with Crippen LogP contribution in [0, 0.1) is 13.8 Å². The fraction of sp³-hybridized carbons (Fsp3) is 0.278. The van der Waals surface area contributed by atoms with Crippen molar-refractivity contribution in [3.05, 3.63) is 52.8 Å². The van der Waals surface area contributed by atoms with Gasteiger partial charge in [-0.3, -0.25) is 9.59 Å². The predicted molar refractivity (Wildman–Crippen MR) is 101 cm³/mol. The standard InChI is InChI=1S/C18H19N5O3S/c1-10-8-11(2)23-17(19-10)21-18(22-23)27-9-13-6-4-5-7-14(13)15(24)20-12(3)16(25)26/h4-8,12H,9H2,1-3H3,(H,20,24)(H,25,26)/t12-/m0/s1. The SMILES string of the molecule is Cc1cc(C)n2nc(SCc3ccccc3C(=O)N[C@@H](C)C(=O)O)nc2n1. The van der Waals surface area contributed by atoms with Crippen molar-refractivity contribution < 1.29 is 14.7 Å². The van der Waals surface area contributed by atoms with Crippen LogP contribution in [0.5, 0.6) is 0 Å². The third-order valence-corrected chi connectivity index (χ3v) is 4.82. The number of hydrogen-bond donors (Lipinski definition) is 2. The average molecular weight is 385 g/mol. The number of aliphatic carboxylic acids is 1. The van der Waals surface area contributed by atoms with Gasteiger partial charge in [-0.1, -0.05) is 30.0 Å². The molecule has 0 fully saturated rings. The van der Waals surface area contributed by atoms with Crippen LogP contribution in [0.1, 0.15) is 34.2 Å². The van der Waals surface area contributed by atoms with Gasteiger partial charge >= 0.3 is 5.97 Å². The zero-order valence-electron chi connectivity index (χ0n) is 15.1.